The second kappa shape index (κ2) is 3.92. The smallest absolute Gasteiger partial charge is 0.258 e. The summed E-state index contributed by atoms with van der Waals surface area (Å²) in [6, 6.07) is 1.75. The highest BCUT2D eigenvalue weighted by molar-refractivity contribution is 7.08. The molecule has 0 spiro atoms. The van der Waals surface area contributed by atoms with Crippen LogP contribution in [-0.4, -0.2) is 14.9 Å². The van der Waals surface area contributed by atoms with Crippen molar-refractivity contribution >= 4 is 28.6 Å². The Balaban J connectivity index is 2.63. The second-order valence-corrected chi connectivity index (χ2v) is 3.76. The Morgan fingerprint density at radius 2 is 2.33 bits per heavy atom. The van der Waals surface area contributed by atoms with Gasteiger partial charge in [-0.3, -0.25) is 10.1 Å². The topological polar surface area (TPSA) is 68.9 Å². The lowest BCUT2D eigenvalue weighted by Gasteiger charge is -1.98. The largest absolute Gasteiger partial charge is 0.313 e. The molecule has 0 aliphatic heterocycles. The molecule has 0 aromatic carbocycles. The van der Waals surface area contributed by atoms with E-state index in [1.807, 2.05) is 5.38 Å². The van der Waals surface area contributed by atoms with E-state index in [0.717, 1.165) is 6.20 Å². The monoisotopic (exact) mass is 241 g/mol. The van der Waals surface area contributed by atoms with E-state index in [1.165, 1.54) is 11.3 Å². The van der Waals surface area contributed by atoms with E-state index < -0.39 is 4.92 Å². The molecule has 76 valence electrons. The number of halogens is 1. The number of nitrogens with zero attached hydrogens (tertiary/aromatic N) is 3. The zero-order valence-corrected chi connectivity index (χ0v) is 8.83. The van der Waals surface area contributed by atoms with Crippen LogP contribution in [0.1, 0.15) is 0 Å². The Morgan fingerprint density at radius 1 is 1.53 bits per heavy atom. The van der Waals surface area contributed by atoms with Gasteiger partial charge in [-0.25, -0.2) is 9.97 Å². The Morgan fingerprint density at radius 3 is 2.93 bits per heavy atom. The second-order valence-electron chi connectivity index (χ2n) is 2.64. The molecule has 0 N–H and O–H groups in total. The summed E-state index contributed by atoms with van der Waals surface area (Å²) in [4.78, 5) is 17.6. The maximum atomic E-state index is 10.7. The molecule has 0 bridgehead atoms. The molecule has 2 aromatic rings. The average Bonchev–Trinajstić information content (AvgIpc) is 2.69. The zero-order valence-electron chi connectivity index (χ0n) is 7.25. The summed E-state index contributed by atoms with van der Waals surface area (Å²) < 4.78 is 0. The van der Waals surface area contributed by atoms with Gasteiger partial charge in [0.15, 0.2) is 5.69 Å². The summed E-state index contributed by atoms with van der Waals surface area (Å²) >= 11 is 7.03. The molecule has 7 heteroatoms. The van der Waals surface area contributed by atoms with E-state index in [1.54, 1.807) is 11.4 Å². The van der Waals surface area contributed by atoms with Crippen molar-refractivity contribution in [2.24, 2.45) is 0 Å². The highest BCUT2D eigenvalue weighted by Gasteiger charge is 2.18. The molecule has 0 amide bonds. The fourth-order valence-corrected chi connectivity index (χ4v) is 1.87. The minimum absolute atomic E-state index is 0.00167. The molecule has 0 aliphatic carbocycles. The molecule has 0 atom stereocenters. The molecule has 0 fully saturated rings. The summed E-state index contributed by atoms with van der Waals surface area (Å²) in [6.07, 6.45) is 1.11. The fraction of sp³-hybridized carbons (Fsp3) is 0. The van der Waals surface area contributed by atoms with E-state index in [4.69, 9.17) is 11.6 Å². The van der Waals surface area contributed by atoms with Crippen LogP contribution in [0.3, 0.4) is 0 Å². The molecule has 0 radical (unpaired) electrons. The lowest BCUT2D eigenvalue weighted by molar-refractivity contribution is -0.384. The standard InChI is InChI=1S/C8H4ClN3O2S/c9-8-10-3-6(12(13)14)7(11-8)5-1-2-15-4-5/h1-4H. The summed E-state index contributed by atoms with van der Waals surface area (Å²) in [6.45, 7) is 0. The van der Waals surface area contributed by atoms with Crippen LogP contribution in [0, 0.1) is 10.1 Å². The average molecular weight is 242 g/mol. The molecule has 5 nitrogen and oxygen atoms in total. The number of aromatic nitrogens is 2. The predicted molar refractivity (Wildman–Crippen MR) is 57.0 cm³/mol. The normalized spacial score (nSPS) is 10.2. The lowest BCUT2D eigenvalue weighted by Crippen LogP contribution is -1.96. The van der Waals surface area contributed by atoms with Crippen LogP contribution in [0.15, 0.2) is 23.0 Å². The van der Waals surface area contributed by atoms with Gasteiger partial charge in [-0.15, -0.1) is 0 Å². The van der Waals surface area contributed by atoms with Gasteiger partial charge < -0.3 is 0 Å². The van der Waals surface area contributed by atoms with Gasteiger partial charge in [0.25, 0.3) is 0 Å². The molecule has 0 unspecified atom stereocenters. The number of thiophene rings is 1. The van der Waals surface area contributed by atoms with E-state index in [2.05, 4.69) is 9.97 Å². The van der Waals surface area contributed by atoms with Gasteiger partial charge in [-0.05, 0) is 23.0 Å². The highest BCUT2D eigenvalue weighted by Crippen LogP contribution is 2.29. The van der Waals surface area contributed by atoms with Crippen molar-refractivity contribution in [1.29, 1.82) is 0 Å². The number of hydrogen-bond donors (Lipinski definition) is 0. The van der Waals surface area contributed by atoms with E-state index in [9.17, 15) is 10.1 Å². The van der Waals surface area contributed by atoms with Crippen molar-refractivity contribution in [3.05, 3.63) is 38.4 Å². The Bertz CT molecular complexity index is 501. The molecule has 2 aromatic heterocycles. The first kappa shape index (κ1) is 10.0. The van der Waals surface area contributed by atoms with Crippen molar-refractivity contribution < 1.29 is 4.92 Å². The molecule has 15 heavy (non-hydrogen) atoms. The SMILES string of the molecule is O=[N+]([O-])c1cnc(Cl)nc1-c1ccsc1. The van der Waals surface area contributed by atoms with Crippen LogP contribution in [0.2, 0.25) is 5.28 Å². The number of hydrogen-bond acceptors (Lipinski definition) is 5. The first-order valence-electron chi connectivity index (χ1n) is 3.88. The van der Waals surface area contributed by atoms with Crippen molar-refractivity contribution in [2.75, 3.05) is 0 Å². The summed E-state index contributed by atoms with van der Waals surface area (Å²) in [7, 11) is 0. The third kappa shape index (κ3) is 1.95. The van der Waals surface area contributed by atoms with Gasteiger partial charge in [0.1, 0.15) is 6.20 Å². The first-order chi connectivity index (χ1) is 7.18. The number of rotatable bonds is 2. The first-order valence-corrected chi connectivity index (χ1v) is 5.20. The minimum Gasteiger partial charge on any atom is -0.258 e. The van der Waals surface area contributed by atoms with Gasteiger partial charge >= 0.3 is 5.69 Å². The Hall–Kier alpha value is -1.53. The molecular weight excluding hydrogens is 238 g/mol. The van der Waals surface area contributed by atoms with Crippen molar-refractivity contribution in [1.82, 2.24) is 9.97 Å². The lowest BCUT2D eigenvalue weighted by atomic mass is 10.2. The highest BCUT2D eigenvalue weighted by atomic mass is 35.5. The van der Waals surface area contributed by atoms with Crippen molar-refractivity contribution in [3.63, 3.8) is 0 Å². The van der Waals surface area contributed by atoms with Crippen LogP contribution < -0.4 is 0 Å². The van der Waals surface area contributed by atoms with Gasteiger partial charge in [0, 0.05) is 10.9 Å². The Labute approximate surface area is 93.5 Å². The van der Waals surface area contributed by atoms with Crippen LogP contribution in [-0.2, 0) is 0 Å². The third-order valence-corrected chi connectivity index (χ3v) is 2.60. The quantitative estimate of drug-likeness (QED) is 0.461. The van der Waals surface area contributed by atoms with Crippen molar-refractivity contribution in [2.45, 2.75) is 0 Å². The summed E-state index contributed by atoms with van der Waals surface area (Å²) in [5, 5.41) is 14.3. The molecule has 0 saturated carbocycles. The maximum absolute atomic E-state index is 10.7. The predicted octanol–water partition coefficient (Wildman–Crippen LogP) is 2.77. The third-order valence-electron chi connectivity index (χ3n) is 1.73. The van der Waals surface area contributed by atoms with E-state index in [0.29, 0.717) is 5.56 Å². The number of nitro groups is 1. The van der Waals surface area contributed by atoms with Gasteiger partial charge in [-0.1, -0.05) is 0 Å². The van der Waals surface area contributed by atoms with Crippen molar-refractivity contribution in [3.8, 4) is 11.3 Å². The van der Waals surface area contributed by atoms with E-state index in [-0.39, 0.29) is 16.7 Å². The van der Waals surface area contributed by atoms with Crippen LogP contribution >= 0.6 is 22.9 Å². The molecular formula is C8H4ClN3O2S. The van der Waals surface area contributed by atoms with Crippen LogP contribution in [0.5, 0.6) is 0 Å². The molecule has 2 heterocycles. The fourth-order valence-electron chi connectivity index (χ4n) is 1.10. The summed E-state index contributed by atoms with van der Waals surface area (Å²) in [5.74, 6) is 0. The minimum atomic E-state index is -0.524. The molecule has 2 rings (SSSR count). The zero-order chi connectivity index (χ0) is 10.8. The maximum Gasteiger partial charge on any atom is 0.313 e. The van der Waals surface area contributed by atoms with Gasteiger partial charge in [0.2, 0.25) is 5.28 Å². The van der Waals surface area contributed by atoms with Gasteiger partial charge in [0.05, 0.1) is 4.92 Å². The van der Waals surface area contributed by atoms with Crippen LogP contribution in [0.4, 0.5) is 5.69 Å². The van der Waals surface area contributed by atoms with E-state index >= 15 is 0 Å². The summed E-state index contributed by atoms with van der Waals surface area (Å²) in [5.41, 5.74) is 0.787. The van der Waals surface area contributed by atoms with Crippen LogP contribution in [0.25, 0.3) is 11.3 Å². The molecule has 0 saturated heterocycles. The van der Waals surface area contributed by atoms with Gasteiger partial charge in [-0.2, -0.15) is 11.3 Å². The Kier molecular flexibility index (Phi) is 2.61. The molecule has 0 aliphatic rings.